The van der Waals surface area contributed by atoms with Crippen molar-refractivity contribution in [3.63, 3.8) is 0 Å². The summed E-state index contributed by atoms with van der Waals surface area (Å²) in [7, 11) is 1.29. The molecule has 2 aromatic rings. The molecule has 0 saturated carbocycles. The second-order valence-corrected chi connectivity index (χ2v) is 4.14. The number of aromatic carboxylic acids is 1. The van der Waals surface area contributed by atoms with Gasteiger partial charge in [0.05, 0.1) is 18.2 Å². The predicted octanol–water partition coefficient (Wildman–Crippen LogP) is 3.47. The van der Waals surface area contributed by atoms with Crippen LogP contribution in [0.2, 0.25) is 0 Å². The molecule has 0 saturated heterocycles. The molecule has 21 heavy (non-hydrogen) atoms. The van der Waals surface area contributed by atoms with Crippen LogP contribution in [0, 0.1) is 0 Å². The van der Waals surface area contributed by atoms with Gasteiger partial charge in [-0.1, -0.05) is 0 Å². The Hall–Kier alpha value is -2.57. The number of halogens is 3. The van der Waals surface area contributed by atoms with Crippen molar-refractivity contribution in [3.05, 3.63) is 47.8 Å². The molecule has 0 bridgehead atoms. The van der Waals surface area contributed by atoms with Gasteiger partial charge in [-0.15, -0.1) is 0 Å². The first-order valence-corrected chi connectivity index (χ1v) is 5.77. The molecule has 1 heterocycles. The molecular formula is C14H10F3NO3. The number of hydrogen-bond acceptors (Lipinski definition) is 3. The van der Waals surface area contributed by atoms with Crippen LogP contribution in [0.15, 0.2) is 36.7 Å². The number of aromatic nitrogens is 1. The van der Waals surface area contributed by atoms with Crippen LogP contribution < -0.4 is 4.74 Å². The maximum atomic E-state index is 13.0. The Kier molecular flexibility index (Phi) is 3.84. The van der Waals surface area contributed by atoms with Gasteiger partial charge in [0.1, 0.15) is 5.75 Å². The van der Waals surface area contributed by atoms with Gasteiger partial charge in [0.2, 0.25) is 0 Å². The van der Waals surface area contributed by atoms with E-state index in [2.05, 4.69) is 4.98 Å². The highest BCUT2D eigenvalue weighted by atomic mass is 19.4. The van der Waals surface area contributed by atoms with Crippen molar-refractivity contribution in [2.45, 2.75) is 6.18 Å². The van der Waals surface area contributed by atoms with Gasteiger partial charge in [0, 0.05) is 23.5 Å². The van der Waals surface area contributed by atoms with Crippen LogP contribution in [0.5, 0.6) is 5.75 Å². The molecule has 0 spiro atoms. The lowest BCUT2D eigenvalue weighted by atomic mass is 9.98. The molecular weight excluding hydrogens is 287 g/mol. The lowest BCUT2D eigenvalue weighted by molar-refractivity contribution is -0.137. The Labute approximate surface area is 117 Å². The molecule has 0 aliphatic carbocycles. The third kappa shape index (κ3) is 2.96. The van der Waals surface area contributed by atoms with Gasteiger partial charge in [-0.3, -0.25) is 4.98 Å². The summed E-state index contributed by atoms with van der Waals surface area (Å²) in [6, 6.07) is 4.54. The van der Waals surface area contributed by atoms with Crippen molar-refractivity contribution in [2.24, 2.45) is 0 Å². The van der Waals surface area contributed by atoms with E-state index in [4.69, 9.17) is 9.84 Å². The third-order valence-corrected chi connectivity index (χ3v) is 2.86. The number of methoxy groups -OCH3 is 1. The van der Waals surface area contributed by atoms with Crippen LogP contribution in [0.25, 0.3) is 11.1 Å². The first-order valence-electron chi connectivity index (χ1n) is 5.77. The molecule has 0 amide bonds. The van der Waals surface area contributed by atoms with Gasteiger partial charge in [0.25, 0.3) is 0 Å². The number of rotatable bonds is 3. The maximum Gasteiger partial charge on any atom is 0.417 e. The Bertz CT molecular complexity index is 683. The Morgan fingerprint density at radius 1 is 1.24 bits per heavy atom. The fourth-order valence-corrected chi connectivity index (χ4v) is 1.91. The zero-order valence-electron chi connectivity index (χ0n) is 10.8. The Morgan fingerprint density at radius 2 is 1.95 bits per heavy atom. The minimum atomic E-state index is -4.58. The first-order chi connectivity index (χ1) is 9.84. The number of hydrogen-bond donors (Lipinski definition) is 1. The fourth-order valence-electron chi connectivity index (χ4n) is 1.91. The van der Waals surface area contributed by atoms with E-state index in [0.717, 1.165) is 24.5 Å². The number of benzene rings is 1. The van der Waals surface area contributed by atoms with Gasteiger partial charge >= 0.3 is 12.1 Å². The van der Waals surface area contributed by atoms with Crippen LogP contribution >= 0.6 is 0 Å². The van der Waals surface area contributed by atoms with E-state index in [-0.39, 0.29) is 22.4 Å². The van der Waals surface area contributed by atoms with Gasteiger partial charge in [-0.2, -0.15) is 13.2 Å². The van der Waals surface area contributed by atoms with Gasteiger partial charge in [-0.05, 0) is 24.3 Å². The van der Waals surface area contributed by atoms with Crippen LogP contribution in [-0.2, 0) is 6.18 Å². The summed E-state index contributed by atoms with van der Waals surface area (Å²) in [6.45, 7) is 0. The number of ether oxygens (including phenoxy) is 1. The van der Waals surface area contributed by atoms with E-state index >= 15 is 0 Å². The molecule has 0 aliphatic heterocycles. The molecule has 0 unspecified atom stereocenters. The van der Waals surface area contributed by atoms with Crippen LogP contribution in [0.4, 0.5) is 13.2 Å². The van der Waals surface area contributed by atoms with Crippen LogP contribution in [0.1, 0.15) is 15.9 Å². The number of nitrogens with zero attached hydrogens (tertiary/aromatic N) is 1. The summed E-state index contributed by atoms with van der Waals surface area (Å²) in [5, 5.41) is 8.97. The van der Waals surface area contributed by atoms with Crippen molar-refractivity contribution in [2.75, 3.05) is 7.11 Å². The number of carboxylic acid groups (broad SMARTS) is 1. The zero-order chi connectivity index (χ0) is 15.6. The fraction of sp³-hybridized carbons (Fsp3) is 0.143. The summed E-state index contributed by atoms with van der Waals surface area (Å²) in [6.07, 6.45) is -2.52. The minimum absolute atomic E-state index is 0.0258. The monoisotopic (exact) mass is 297 g/mol. The van der Waals surface area contributed by atoms with E-state index in [1.54, 1.807) is 0 Å². The van der Waals surface area contributed by atoms with E-state index in [9.17, 15) is 18.0 Å². The summed E-state index contributed by atoms with van der Waals surface area (Å²) >= 11 is 0. The second-order valence-electron chi connectivity index (χ2n) is 4.14. The average Bonchev–Trinajstić information content (AvgIpc) is 2.45. The highest BCUT2D eigenvalue weighted by molar-refractivity contribution is 5.90. The average molecular weight is 297 g/mol. The topological polar surface area (TPSA) is 59.4 Å². The number of pyridine rings is 1. The lowest BCUT2D eigenvalue weighted by Crippen LogP contribution is -2.08. The standard InChI is InChI=1S/C14H10F3NO3/c1-21-12-3-2-8(13(19)20)6-9(12)10-7-18-5-4-11(10)14(15,16)17/h2-7H,1H3,(H,19,20). The highest BCUT2D eigenvalue weighted by Crippen LogP contribution is 2.40. The van der Waals surface area contributed by atoms with Crippen molar-refractivity contribution < 1.29 is 27.8 Å². The van der Waals surface area contributed by atoms with E-state index < -0.39 is 17.7 Å². The molecule has 0 fully saturated rings. The summed E-state index contributed by atoms with van der Waals surface area (Å²) in [5.74, 6) is -1.10. The van der Waals surface area contributed by atoms with Gasteiger partial charge < -0.3 is 9.84 Å². The molecule has 0 aliphatic rings. The summed E-state index contributed by atoms with van der Waals surface area (Å²) < 4.78 is 44.1. The molecule has 0 radical (unpaired) electrons. The van der Waals surface area contributed by atoms with Crippen molar-refractivity contribution in [1.29, 1.82) is 0 Å². The molecule has 7 heteroatoms. The molecule has 1 aromatic heterocycles. The van der Waals surface area contributed by atoms with E-state index in [0.29, 0.717) is 0 Å². The molecule has 1 aromatic carbocycles. The van der Waals surface area contributed by atoms with Crippen molar-refractivity contribution in [1.82, 2.24) is 4.98 Å². The lowest BCUT2D eigenvalue weighted by Gasteiger charge is -2.15. The highest BCUT2D eigenvalue weighted by Gasteiger charge is 2.34. The smallest absolute Gasteiger partial charge is 0.417 e. The maximum absolute atomic E-state index is 13.0. The Morgan fingerprint density at radius 3 is 2.52 bits per heavy atom. The van der Waals surface area contributed by atoms with E-state index in [1.165, 1.54) is 19.2 Å². The molecule has 4 nitrogen and oxygen atoms in total. The van der Waals surface area contributed by atoms with Crippen molar-refractivity contribution in [3.8, 4) is 16.9 Å². The normalized spacial score (nSPS) is 11.2. The molecule has 1 N–H and O–H groups in total. The predicted molar refractivity (Wildman–Crippen MR) is 68.2 cm³/mol. The Balaban J connectivity index is 2.72. The molecule has 2 rings (SSSR count). The van der Waals surface area contributed by atoms with E-state index in [1.807, 2.05) is 0 Å². The van der Waals surface area contributed by atoms with Crippen molar-refractivity contribution >= 4 is 5.97 Å². The number of carboxylic acids is 1. The minimum Gasteiger partial charge on any atom is -0.496 e. The van der Waals surface area contributed by atoms with Crippen LogP contribution in [0.3, 0.4) is 0 Å². The van der Waals surface area contributed by atoms with Gasteiger partial charge in [0.15, 0.2) is 0 Å². The molecule has 0 atom stereocenters. The SMILES string of the molecule is COc1ccc(C(=O)O)cc1-c1cnccc1C(F)(F)F. The van der Waals surface area contributed by atoms with Gasteiger partial charge in [-0.25, -0.2) is 4.79 Å². The summed E-state index contributed by atoms with van der Waals surface area (Å²) in [5.41, 5.74) is -1.25. The first kappa shape index (κ1) is 14.8. The largest absolute Gasteiger partial charge is 0.496 e. The number of carbonyl (C=O) groups is 1. The third-order valence-electron chi connectivity index (χ3n) is 2.86. The zero-order valence-corrected chi connectivity index (χ0v) is 10.8. The second kappa shape index (κ2) is 5.43. The van der Waals surface area contributed by atoms with Crippen LogP contribution in [-0.4, -0.2) is 23.2 Å². The quantitative estimate of drug-likeness (QED) is 0.942. The molecule has 110 valence electrons. The summed E-state index contributed by atoms with van der Waals surface area (Å²) in [4.78, 5) is 14.7. The number of alkyl halides is 3.